The fraction of sp³-hybridized carbons (Fsp3) is 0.500. The first-order chi connectivity index (χ1) is 9.45. The van der Waals surface area contributed by atoms with Crippen molar-refractivity contribution in [2.45, 2.75) is 39.2 Å². The number of hydrogen-bond donors (Lipinski definition) is 2. The molecule has 1 aliphatic rings. The Kier molecular flexibility index (Phi) is 4.42. The molecule has 1 aromatic rings. The van der Waals surface area contributed by atoms with Crippen LogP contribution in [0.1, 0.15) is 53.8 Å². The minimum Gasteiger partial charge on any atom is -0.478 e. The summed E-state index contributed by atoms with van der Waals surface area (Å²) in [7, 11) is 0. The van der Waals surface area contributed by atoms with E-state index >= 15 is 0 Å². The Morgan fingerprint density at radius 2 is 1.50 bits per heavy atom. The highest BCUT2D eigenvalue weighted by Crippen LogP contribution is 2.28. The molecule has 4 heteroatoms. The molecule has 0 heterocycles. The fourth-order valence-electron chi connectivity index (χ4n) is 3.10. The summed E-state index contributed by atoms with van der Waals surface area (Å²) in [6.45, 7) is 4.44. The molecule has 1 fully saturated rings. The van der Waals surface area contributed by atoms with E-state index in [1.54, 1.807) is 12.1 Å². The molecule has 0 saturated heterocycles. The Hall–Kier alpha value is -1.84. The molecule has 1 aliphatic carbocycles. The van der Waals surface area contributed by atoms with Gasteiger partial charge in [-0.3, -0.25) is 4.79 Å². The lowest BCUT2D eigenvalue weighted by Gasteiger charge is -2.31. The molecule has 2 unspecified atom stereocenters. The van der Waals surface area contributed by atoms with Crippen LogP contribution < -0.4 is 5.32 Å². The van der Waals surface area contributed by atoms with Crippen molar-refractivity contribution >= 4 is 11.9 Å². The second-order valence-corrected chi connectivity index (χ2v) is 5.97. The van der Waals surface area contributed by atoms with Crippen LogP contribution in [-0.4, -0.2) is 23.0 Å². The maximum absolute atomic E-state index is 12.1. The molecule has 2 rings (SSSR count). The molecule has 2 N–H and O–H groups in total. The molecule has 2 atom stereocenters. The number of carboxylic acid groups (broad SMARTS) is 1. The summed E-state index contributed by atoms with van der Waals surface area (Å²) in [5.41, 5.74) is 0.711. The van der Waals surface area contributed by atoms with Gasteiger partial charge in [-0.05, 0) is 55.4 Å². The van der Waals surface area contributed by atoms with Crippen molar-refractivity contribution in [1.29, 1.82) is 0 Å². The van der Waals surface area contributed by atoms with E-state index in [1.807, 2.05) is 0 Å². The zero-order valence-electron chi connectivity index (χ0n) is 11.9. The molecule has 1 aromatic carbocycles. The summed E-state index contributed by atoms with van der Waals surface area (Å²) in [6, 6.07) is 6.27. The number of rotatable bonds is 3. The molecule has 1 saturated carbocycles. The standard InChI is InChI=1S/C16H21NO3/c1-10-7-11(2)9-14(8-10)17-15(18)12-3-5-13(6-4-12)16(19)20/h3-6,10-11,14H,7-9H2,1-2H3,(H,17,18)(H,19,20). The molecular weight excluding hydrogens is 254 g/mol. The van der Waals surface area contributed by atoms with Gasteiger partial charge in [-0.1, -0.05) is 13.8 Å². The van der Waals surface area contributed by atoms with E-state index in [9.17, 15) is 9.59 Å². The average molecular weight is 275 g/mol. The Morgan fingerprint density at radius 1 is 1.00 bits per heavy atom. The van der Waals surface area contributed by atoms with E-state index in [2.05, 4.69) is 19.2 Å². The Balaban J connectivity index is 1.99. The second-order valence-electron chi connectivity index (χ2n) is 5.97. The Labute approximate surface area is 119 Å². The summed E-state index contributed by atoms with van der Waals surface area (Å²) in [6.07, 6.45) is 3.26. The minimum absolute atomic E-state index is 0.117. The van der Waals surface area contributed by atoms with Crippen molar-refractivity contribution in [3.05, 3.63) is 35.4 Å². The predicted molar refractivity (Wildman–Crippen MR) is 76.8 cm³/mol. The first kappa shape index (κ1) is 14.6. The first-order valence-electron chi connectivity index (χ1n) is 7.10. The molecule has 0 radical (unpaired) electrons. The van der Waals surface area contributed by atoms with Crippen LogP contribution in [0.15, 0.2) is 24.3 Å². The monoisotopic (exact) mass is 275 g/mol. The van der Waals surface area contributed by atoms with Crippen LogP contribution in [0.2, 0.25) is 0 Å². The molecule has 108 valence electrons. The maximum Gasteiger partial charge on any atom is 0.335 e. The lowest BCUT2D eigenvalue weighted by Crippen LogP contribution is -2.40. The first-order valence-corrected chi connectivity index (χ1v) is 7.10. The minimum atomic E-state index is -0.980. The number of hydrogen-bond acceptors (Lipinski definition) is 2. The van der Waals surface area contributed by atoms with Gasteiger partial charge in [0.2, 0.25) is 0 Å². The normalized spacial score (nSPS) is 26.0. The predicted octanol–water partition coefficient (Wildman–Crippen LogP) is 2.94. The summed E-state index contributed by atoms with van der Waals surface area (Å²) >= 11 is 0. The van der Waals surface area contributed by atoms with Crippen molar-refractivity contribution in [2.24, 2.45) is 11.8 Å². The summed E-state index contributed by atoms with van der Waals surface area (Å²) < 4.78 is 0. The largest absolute Gasteiger partial charge is 0.478 e. The van der Waals surface area contributed by atoms with Gasteiger partial charge in [-0.2, -0.15) is 0 Å². The van der Waals surface area contributed by atoms with Crippen LogP contribution in [0.4, 0.5) is 0 Å². The van der Waals surface area contributed by atoms with Gasteiger partial charge in [-0.15, -0.1) is 0 Å². The summed E-state index contributed by atoms with van der Waals surface area (Å²) in [5.74, 6) is 0.178. The van der Waals surface area contributed by atoms with Gasteiger partial charge < -0.3 is 10.4 Å². The van der Waals surface area contributed by atoms with Gasteiger partial charge in [0, 0.05) is 11.6 Å². The smallest absolute Gasteiger partial charge is 0.335 e. The van der Waals surface area contributed by atoms with Crippen molar-refractivity contribution < 1.29 is 14.7 Å². The zero-order valence-corrected chi connectivity index (χ0v) is 11.9. The van der Waals surface area contributed by atoms with Crippen LogP contribution in [0.25, 0.3) is 0 Å². The number of amides is 1. The van der Waals surface area contributed by atoms with Crippen molar-refractivity contribution in [3.63, 3.8) is 0 Å². The highest BCUT2D eigenvalue weighted by Gasteiger charge is 2.25. The SMILES string of the molecule is CC1CC(C)CC(NC(=O)c2ccc(C(=O)O)cc2)C1. The van der Waals surface area contributed by atoms with Crippen LogP contribution in [-0.2, 0) is 0 Å². The zero-order chi connectivity index (χ0) is 14.7. The van der Waals surface area contributed by atoms with Crippen LogP contribution in [0, 0.1) is 11.8 Å². The second kappa shape index (κ2) is 6.07. The van der Waals surface area contributed by atoms with E-state index in [-0.39, 0.29) is 17.5 Å². The number of nitrogens with one attached hydrogen (secondary N) is 1. The number of aromatic carboxylic acids is 1. The van der Waals surface area contributed by atoms with Gasteiger partial charge in [-0.25, -0.2) is 4.79 Å². The Morgan fingerprint density at radius 3 is 2.00 bits per heavy atom. The van der Waals surface area contributed by atoms with E-state index in [4.69, 9.17) is 5.11 Å². The Bertz CT molecular complexity index is 485. The third kappa shape index (κ3) is 3.59. The number of carbonyl (C=O) groups excluding carboxylic acids is 1. The molecule has 0 aliphatic heterocycles. The van der Waals surface area contributed by atoms with Gasteiger partial charge in [0.05, 0.1) is 5.56 Å². The molecule has 1 amide bonds. The number of benzene rings is 1. The number of carboxylic acids is 1. The van der Waals surface area contributed by atoms with Crippen LogP contribution >= 0.6 is 0 Å². The van der Waals surface area contributed by atoms with E-state index in [0.29, 0.717) is 17.4 Å². The van der Waals surface area contributed by atoms with Gasteiger partial charge >= 0.3 is 5.97 Å². The topological polar surface area (TPSA) is 66.4 Å². The van der Waals surface area contributed by atoms with Crippen molar-refractivity contribution in [1.82, 2.24) is 5.32 Å². The summed E-state index contributed by atoms with van der Waals surface area (Å²) in [5, 5.41) is 11.9. The number of carbonyl (C=O) groups is 2. The van der Waals surface area contributed by atoms with E-state index < -0.39 is 5.97 Å². The fourth-order valence-corrected chi connectivity index (χ4v) is 3.10. The van der Waals surface area contributed by atoms with Gasteiger partial charge in [0.1, 0.15) is 0 Å². The van der Waals surface area contributed by atoms with Crippen molar-refractivity contribution in [2.75, 3.05) is 0 Å². The molecular formula is C16H21NO3. The van der Waals surface area contributed by atoms with Gasteiger partial charge in [0.25, 0.3) is 5.91 Å². The maximum atomic E-state index is 12.1. The van der Waals surface area contributed by atoms with E-state index in [0.717, 1.165) is 12.8 Å². The lowest BCUT2D eigenvalue weighted by atomic mass is 9.80. The highest BCUT2D eigenvalue weighted by molar-refractivity contribution is 5.96. The molecule has 4 nitrogen and oxygen atoms in total. The highest BCUT2D eigenvalue weighted by atomic mass is 16.4. The third-order valence-electron chi connectivity index (χ3n) is 3.91. The molecule has 20 heavy (non-hydrogen) atoms. The summed E-state index contributed by atoms with van der Waals surface area (Å²) in [4.78, 5) is 22.9. The molecule has 0 spiro atoms. The third-order valence-corrected chi connectivity index (χ3v) is 3.91. The van der Waals surface area contributed by atoms with Crippen LogP contribution in [0.3, 0.4) is 0 Å². The van der Waals surface area contributed by atoms with E-state index in [1.165, 1.54) is 18.6 Å². The van der Waals surface area contributed by atoms with Gasteiger partial charge in [0.15, 0.2) is 0 Å². The molecule has 0 bridgehead atoms. The quantitative estimate of drug-likeness (QED) is 0.891. The van der Waals surface area contributed by atoms with Crippen LogP contribution in [0.5, 0.6) is 0 Å². The average Bonchev–Trinajstić information content (AvgIpc) is 2.37. The lowest BCUT2D eigenvalue weighted by molar-refractivity contribution is 0.0696. The molecule has 0 aromatic heterocycles. The van der Waals surface area contributed by atoms with Crippen molar-refractivity contribution in [3.8, 4) is 0 Å².